The molecule has 2 heterocycles. The number of halogens is 1. The van der Waals surface area contributed by atoms with Gasteiger partial charge >= 0.3 is 0 Å². The van der Waals surface area contributed by atoms with E-state index < -0.39 is 0 Å². The van der Waals surface area contributed by atoms with E-state index >= 15 is 0 Å². The maximum atomic E-state index is 12.8. The summed E-state index contributed by atoms with van der Waals surface area (Å²) < 4.78 is 0.801. The molecule has 1 saturated heterocycles. The van der Waals surface area contributed by atoms with Gasteiger partial charge in [0.2, 0.25) is 0 Å². The first-order valence-corrected chi connectivity index (χ1v) is 9.56. The monoisotopic (exact) mass is 404 g/mol. The highest BCUT2D eigenvalue weighted by atomic mass is 79.9. The molecule has 2 aromatic rings. The van der Waals surface area contributed by atoms with E-state index in [2.05, 4.69) is 76.1 Å². The van der Waals surface area contributed by atoms with Crippen molar-refractivity contribution in [3.63, 3.8) is 0 Å². The third kappa shape index (κ3) is 4.12. The molecule has 0 unspecified atom stereocenters. The van der Waals surface area contributed by atoms with Crippen molar-refractivity contribution in [3.05, 3.63) is 51.3 Å². The normalized spacial score (nSPS) is 15.8. The molecule has 134 valence electrons. The highest BCUT2D eigenvalue weighted by Gasteiger charge is 2.27. The fraction of sp³-hybridized carbons (Fsp3) is 0.474. The van der Waals surface area contributed by atoms with Crippen molar-refractivity contribution in [1.29, 1.82) is 0 Å². The molecule has 1 aromatic heterocycles. The molecule has 0 spiro atoms. The second-order valence-corrected chi connectivity index (χ2v) is 7.80. The molecule has 3 rings (SSSR count). The minimum Gasteiger partial charge on any atom is -0.335 e. The lowest BCUT2D eigenvalue weighted by Crippen LogP contribution is -2.48. The van der Waals surface area contributed by atoms with Crippen LogP contribution in [0, 0.1) is 6.92 Å². The molecular weight excluding hydrogens is 380 g/mol. The minimum atomic E-state index is 0.00484. The highest BCUT2D eigenvalue weighted by Crippen LogP contribution is 2.26. The van der Waals surface area contributed by atoms with Crippen LogP contribution in [0.2, 0.25) is 0 Å². The minimum absolute atomic E-state index is 0.00484. The summed E-state index contributed by atoms with van der Waals surface area (Å²) in [7, 11) is 0. The van der Waals surface area contributed by atoms with Gasteiger partial charge in [-0.3, -0.25) is 14.8 Å². The van der Waals surface area contributed by atoms with Crippen LogP contribution in [0.4, 0.5) is 0 Å². The second-order valence-electron chi connectivity index (χ2n) is 7.01. The quantitative estimate of drug-likeness (QED) is 0.847. The Bertz CT molecular complexity index is 748. The molecule has 0 radical (unpaired) electrons. The Balaban J connectivity index is 1.59. The van der Waals surface area contributed by atoms with Gasteiger partial charge in [-0.1, -0.05) is 43.7 Å². The van der Waals surface area contributed by atoms with E-state index in [9.17, 15) is 4.79 Å². The number of amides is 1. The smallest absolute Gasteiger partial charge is 0.275 e. The van der Waals surface area contributed by atoms with Crippen molar-refractivity contribution in [2.45, 2.75) is 33.2 Å². The van der Waals surface area contributed by atoms with Gasteiger partial charge in [0.05, 0.1) is 10.2 Å². The molecule has 1 amide bonds. The van der Waals surface area contributed by atoms with Crippen LogP contribution in [0.3, 0.4) is 0 Å². The average molecular weight is 405 g/mol. The largest absolute Gasteiger partial charge is 0.335 e. The first-order chi connectivity index (χ1) is 12.0. The van der Waals surface area contributed by atoms with Gasteiger partial charge in [0.1, 0.15) is 0 Å². The Hall–Kier alpha value is -1.66. The molecule has 0 saturated carbocycles. The van der Waals surface area contributed by atoms with Crippen LogP contribution in [-0.4, -0.2) is 52.1 Å². The van der Waals surface area contributed by atoms with E-state index in [4.69, 9.17) is 0 Å². The maximum absolute atomic E-state index is 12.8. The van der Waals surface area contributed by atoms with Crippen molar-refractivity contribution in [3.8, 4) is 0 Å². The number of aromatic amines is 1. The zero-order chi connectivity index (χ0) is 18.0. The number of aromatic nitrogens is 2. The molecule has 1 N–H and O–H groups in total. The standard InChI is InChI=1S/C19H25BrN4O/c1-13(2)17-16(20)18(22-21-17)19(25)24-9-7-23(8-10-24)12-15-6-4-5-14(3)11-15/h4-6,11,13H,7-10,12H2,1-3H3,(H,21,22). The van der Waals surface area contributed by atoms with Gasteiger partial charge in [-0.25, -0.2) is 0 Å². The third-order valence-corrected chi connectivity index (χ3v) is 5.46. The van der Waals surface area contributed by atoms with Crippen LogP contribution in [0.15, 0.2) is 28.7 Å². The number of hydrogen-bond donors (Lipinski definition) is 1. The lowest BCUT2D eigenvalue weighted by atomic mass is 10.1. The number of piperazine rings is 1. The topological polar surface area (TPSA) is 52.2 Å². The molecule has 5 nitrogen and oxygen atoms in total. The van der Waals surface area contributed by atoms with Crippen molar-refractivity contribution >= 4 is 21.8 Å². The molecule has 0 aliphatic carbocycles. The van der Waals surface area contributed by atoms with Crippen LogP contribution in [0.25, 0.3) is 0 Å². The first-order valence-electron chi connectivity index (χ1n) is 8.76. The van der Waals surface area contributed by atoms with Gasteiger partial charge in [0, 0.05) is 32.7 Å². The van der Waals surface area contributed by atoms with Gasteiger partial charge in [-0.2, -0.15) is 5.10 Å². The number of nitrogens with zero attached hydrogens (tertiary/aromatic N) is 3. The van der Waals surface area contributed by atoms with E-state index in [-0.39, 0.29) is 5.91 Å². The molecule has 1 aliphatic heterocycles. The summed E-state index contributed by atoms with van der Waals surface area (Å²) in [6.45, 7) is 10.5. The van der Waals surface area contributed by atoms with Gasteiger partial charge in [-0.15, -0.1) is 0 Å². The SMILES string of the molecule is Cc1cccc(CN2CCN(C(=O)c3n[nH]c(C(C)C)c3Br)CC2)c1. The van der Waals surface area contributed by atoms with Crippen LogP contribution < -0.4 is 0 Å². The number of nitrogens with one attached hydrogen (secondary N) is 1. The summed E-state index contributed by atoms with van der Waals surface area (Å²) in [5, 5.41) is 7.22. The molecular formula is C19H25BrN4O. The lowest BCUT2D eigenvalue weighted by molar-refractivity contribution is 0.0622. The third-order valence-electron chi connectivity index (χ3n) is 4.66. The number of carbonyl (C=O) groups is 1. The molecule has 25 heavy (non-hydrogen) atoms. The predicted octanol–water partition coefficient (Wildman–Crippen LogP) is 3.56. The Morgan fingerprint density at radius 1 is 1.28 bits per heavy atom. The van der Waals surface area contributed by atoms with Crippen LogP contribution in [-0.2, 0) is 6.54 Å². The molecule has 6 heteroatoms. The van der Waals surface area contributed by atoms with Gasteiger partial charge in [0.25, 0.3) is 5.91 Å². The predicted molar refractivity (Wildman–Crippen MR) is 103 cm³/mol. The Morgan fingerprint density at radius 2 is 2.00 bits per heavy atom. The zero-order valence-electron chi connectivity index (χ0n) is 15.1. The van der Waals surface area contributed by atoms with Gasteiger partial charge < -0.3 is 4.90 Å². The van der Waals surface area contributed by atoms with Crippen LogP contribution in [0.1, 0.15) is 47.1 Å². The summed E-state index contributed by atoms with van der Waals surface area (Å²) in [4.78, 5) is 17.1. The van der Waals surface area contributed by atoms with E-state index in [1.165, 1.54) is 11.1 Å². The number of benzene rings is 1. The van der Waals surface area contributed by atoms with Crippen molar-refractivity contribution in [2.24, 2.45) is 0 Å². The Labute approximate surface area is 157 Å². The summed E-state index contributed by atoms with van der Waals surface area (Å²) in [5.74, 6) is 0.305. The highest BCUT2D eigenvalue weighted by molar-refractivity contribution is 9.10. The maximum Gasteiger partial charge on any atom is 0.275 e. The van der Waals surface area contributed by atoms with Crippen LogP contribution >= 0.6 is 15.9 Å². The van der Waals surface area contributed by atoms with Gasteiger partial charge in [0.15, 0.2) is 5.69 Å². The van der Waals surface area contributed by atoms with Crippen molar-refractivity contribution in [2.75, 3.05) is 26.2 Å². The zero-order valence-corrected chi connectivity index (χ0v) is 16.6. The fourth-order valence-corrected chi connectivity index (χ4v) is 4.00. The summed E-state index contributed by atoms with van der Waals surface area (Å²) in [6, 6.07) is 8.61. The molecule has 1 aromatic carbocycles. The van der Waals surface area contributed by atoms with E-state index in [0.717, 1.165) is 42.9 Å². The molecule has 0 bridgehead atoms. The lowest BCUT2D eigenvalue weighted by Gasteiger charge is -2.34. The number of carbonyl (C=O) groups excluding carboxylic acids is 1. The molecule has 1 aliphatic rings. The summed E-state index contributed by atoms with van der Waals surface area (Å²) in [5.41, 5.74) is 4.09. The second kappa shape index (κ2) is 7.70. The van der Waals surface area contributed by atoms with Crippen molar-refractivity contribution < 1.29 is 4.79 Å². The van der Waals surface area contributed by atoms with E-state index in [1.54, 1.807) is 0 Å². The molecule has 0 atom stereocenters. The fourth-order valence-electron chi connectivity index (χ4n) is 3.19. The van der Waals surface area contributed by atoms with E-state index in [1.807, 2.05) is 4.90 Å². The molecule has 1 fully saturated rings. The van der Waals surface area contributed by atoms with E-state index in [0.29, 0.717) is 11.6 Å². The number of H-pyrrole nitrogens is 1. The number of hydrogen-bond acceptors (Lipinski definition) is 3. The summed E-state index contributed by atoms with van der Waals surface area (Å²) in [6.07, 6.45) is 0. The first kappa shape index (κ1) is 18.1. The number of rotatable bonds is 4. The Morgan fingerprint density at radius 3 is 2.60 bits per heavy atom. The van der Waals surface area contributed by atoms with Crippen LogP contribution in [0.5, 0.6) is 0 Å². The number of aryl methyl sites for hydroxylation is 1. The Kier molecular flexibility index (Phi) is 5.59. The average Bonchev–Trinajstić information content (AvgIpc) is 2.97. The summed E-state index contributed by atoms with van der Waals surface area (Å²) >= 11 is 3.53. The van der Waals surface area contributed by atoms with Crippen molar-refractivity contribution in [1.82, 2.24) is 20.0 Å². The van der Waals surface area contributed by atoms with Gasteiger partial charge in [-0.05, 0) is 34.3 Å².